The lowest BCUT2D eigenvalue weighted by Crippen LogP contribution is -2.36. The molecular formula is C9H18ClNO2. The van der Waals surface area contributed by atoms with Crippen molar-refractivity contribution >= 4 is 18.4 Å². The minimum absolute atomic E-state index is 0. The second-order valence-electron chi connectivity index (χ2n) is 3.35. The summed E-state index contributed by atoms with van der Waals surface area (Å²) in [6, 6.07) is 0. The number of hydrogen-bond acceptors (Lipinski definition) is 3. The molecule has 1 unspecified atom stereocenters. The molecule has 0 aromatic heterocycles. The van der Waals surface area contributed by atoms with Crippen LogP contribution in [-0.2, 0) is 9.53 Å². The van der Waals surface area contributed by atoms with Gasteiger partial charge in [0.1, 0.15) is 0 Å². The van der Waals surface area contributed by atoms with Gasteiger partial charge >= 0.3 is 5.97 Å². The smallest absolute Gasteiger partial charge is 0.310 e. The van der Waals surface area contributed by atoms with Crippen LogP contribution in [0.1, 0.15) is 19.8 Å². The van der Waals surface area contributed by atoms with Gasteiger partial charge in [0, 0.05) is 6.54 Å². The molecule has 1 aliphatic rings. The van der Waals surface area contributed by atoms with Crippen molar-refractivity contribution in [3.8, 4) is 0 Å². The Bertz CT molecular complexity index is 164. The van der Waals surface area contributed by atoms with Gasteiger partial charge in [-0.15, -0.1) is 12.4 Å². The maximum absolute atomic E-state index is 11.3. The highest BCUT2D eigenvalue weighted by molar-refractivity contribution is 5.85. The van der Waals surface area contributed by atoms with Crippen molar-refractivity contribution < 1.29 is 9.53 Å². The summed E-state index contributed by atoms with van der Waals surface area (Å²) in [5, 5.41) is 0. The van der Waals surface area contributed by atoms with Crippen LogP contribution in [0.2, 0.25) is 0 Å². The van der Waals surface area contributed by atoms with Gasteiger partial charge in [-0.05, 0) is 33.4 Å². The fraction of sp³-hybridized carbons (Fsp3) is 0.889. The van der Waals surface area contributed by atoms with Gasteiger partial charge in [0.2, 0.25) is 0 Å². The molecule has 78 valence electrons. The normalized spacial score (nSPS) is 23.4. The Labute approximate surface area is 85.8 Å². The third-order valence-corrected chi connectivity index (χ3v) is 2.24. The van der Waals surface area contributed by atoms with E-state index < -0.39 is 0 Å². The van der Waals surface area contributed by atoms with Crippen LogP contribution in [0.5, 0.6) is 0 Å². The molecule has 0 radical (unpaired) electrons. The molecule has 1 rings (SSSR count). The molecule has 4 heteroatoms. The second-order valence-corrected chi connectivity index (χ2v) is 3.35. The van der Waals surface area contributed by atoms with E-state index in [1.54, 1.807) is 0 Å². The van der Waals surface area contributed by atoms with Crippen molar-refractivity contribution in [1.29, 1.82) is 0 Å². The van der Waals surface area contributed by atoms with Gasteiger partial charge in [0.25, 0.3) is 0 Å². The predicted molar refractivity (Wildman–Crippen MR) is 54.1 cm³/mol. The summed E-state index contributed by atoms with van der Waals surface area (Å²) in [5.41, 5.74) is 0. The number of halogens is 1. The molecule has 0 spiro atoms. The summed E-state index contributed by atoms with van der Waals surface area (Å²) in [6.07, 6.45) is 2.10. The summed E-state index contributed by atoms with van der Waals surface area (Å²) in [6.45, 7) is 4.32. The van der Waals surface area contributed by atoms with E-state index in [1.807, 2.05) is 14.0 Å². The number of likely N-dealkylation sites (tertiary alicyclic amines) is 1. The number of carbonyl (C=O) groups is 1. The van der Waals surface area contributed by atoms with Crippen molar-refractivity contribution in [2.75, 3.05) is 26.7 Å². The van der Waals surface area contributed by atoms with Gasteiger partial charge in [-0.25, -0.2) is 0 Å². The molecule has 0 aromatic rings. The Hall–Kier alpha value is -0.280. The first kappa shape index (κ1) is 12.7. The third-order valence-electron chi connectivity index (χ3n) is 2.24. The van der Waals surface area contributed by atoms with Gasteiger partial charge < -0.3 is 9.64 Å². The molecule has 1 heterocycles. The Morgan fingerprint density at radius 2 is 2.31 bits per heavy atom. The van der Waals surface area contributed by atoms with E-state index in [-0.39, 0.29) is 24.3 Å². The lowest BCUT2D eigenvalue weighted by Gasteiger charge is -2.27. The van der Waals surface area contributed by atoms with E-state index in [9.17, 15) is 4.79 Å². The molecule has 3 nitrogen and oxygen atoms in total. The number of rotatable bonds is 2. The van der Waals surface area contributed by atoms with E-state index in [0.29, 0.717) is 6.61 Å². The highest BCUT2D eigenvalue weighted by Crippen LogP contribution is 2.16. The molecule has 0 aromatic carbocycles. The molecule has 1 fully saturated rings. The molecule has 0 saturated carbocycles. The number of esters is 1. The molecule has 1 atom stereocenters. The van der Waals surface area contributed by atoms with Crippen LogP contribution in [0, 0.1) is 5.92 Å². The van der Waals surface area contributed by atoms with Gasteiger partial charge in [0.05, 0.1) is 12.5 Å². The first-order chi connectivity index (χ1) is 5.74. The zero-order valence-corrected chi connectivity index (χ0v) is 9.10. The molecule has 1 saturated heterocycles. The van der Waals surface area contributed by atoms with Crippen LogP contribution in [0.3, 0.4) is 0 Å². The number of piperidine rings is 1. The van der Waals surface area contributed by atoms with Gasteiger partial charge in [-0.1, -0.05) is 0 Å². The number of ether oxygens (including phenoxy) is 1. The lowest BCUT2D eigenvalue weighted by atomic mass is 9.99. The second kappa shape index (κ2) is 6.22. The minimum atomic E-state index is -0.0240. The topological polar surface area (TPSA) is 29.5 Å². The van der Waals surface area contributed by atoms with Crippen LogP contribution < -0.4 is 0 Å². The Balaban J connectivity index is 0.00000144. The first-order valence-corrected chi connectivity index (χ1v) is 4.59. The maximum atomic E-state index is 11.3. The van der Waals surface area contributed by atoms with Crippen LogP contribution in [0.25, 0.3) is 0 Å². The first-order valence-electron chi connectivity index (χ1n) is 4.59. The third kappa shape index (κ3) is 3.96. The van der Waals surface area contributed by atoms with Crippen LogP contribution >= 0.6 is 12.4 Å². The quantitative estimate of drug-likeness (QED) is 0.640. The average Bonchev–Trinajstić information content (AvgIpc) is 2.05. The monoisotopic (exact) mass is 207 g/mol. The van der Waals surface area contributed by atoms with E-state index >= 15 is 0 Å². The molecule has 0 N–H and O–H groups in total. The van der Waals surface area contributed by atoms with Gasteiger partial charge in [-0.3, -0.25) is 4.79 Å². The average molecular weight is 208 g/mol. The molecule has 0 bridgehead atoms. The van der Waals surface area contributed by atoms with Crippen molar-refractivity contribution in [2.24, 2.45) is 5.92 Å². The standard InChI is InChI=1S/C9H17NO2.ClH/c1-3-12-9(11)8-5-4-6-10(2)7-8;/h8H,3-7H2,1-2H3;1H. The maximum Gasteiger partial charge on any atom is 0.310 e. The zero-order chi connectivity index (χ0) is 8.97. The number of nitrogens with zero attached hydrogens (tertiary/aromatic N) is 1. The highest BCUT2D eigenvalue weighted by Gasteiger charge is 2.24. The highest BCUT2D eigenvalue weighted by atomic mass is 35.5. The molecule has 0 amide bonds. The number of hydrogen-bond donors (Lipinski definition) is 0. The molecule has 13 heavy (non-hydrogen) atoms. The van der Waals surface area contributed by atoms with Crippen molar-refractivity contribution in [1.82, 2.24) is 4.90 Å². The van der Waals surface area contributed by atoms with Gasteiger partial charge in [0.15, 0.2) is 0 Å². The SMILES string of the molecule is CCOC(=O)C1CCCN(C)C1.Cl. The van der Waals surface area contributed by atoms with Crippen molar-refractivity contribution in [3.63, 3.8) is 0 Å². The van der Waals surface area contributed by atoms with Crippen molar-refractivity contribution in [2.45, 2.75) is 19.8 Å². The minimum Gasteiger partial charge on any atom is -0.466 e. The summed E-state index contributed by atoms with van der Waals surface area (Å²) < 4.78 is 4.96. The fourth-order valence-corrected chi connectivity index (χ4v) is 1.62. The Kier molecular flexibility index (Phi) is 6.08. The zero-order valence-electron chi connectivity index (χ0n) is 8.28. The van der Waals surface area contributed by atoms with E-state index in [4.69, 9.17) is 4.74 Å². The summed E-state index contributed by atoms with van der Waals surface area (Å²) in [7, 11) is 2.05. The summed E-state index contributed by atoms with van der Waals surface area (Å²) >= 11 is 0. The van der Waals surface area contributed by atoms with Crippen LogP contribution in [0.4, 0.5) is 0 Å². The van der Waals surface area contributed by atoms with E-state index in [1.165, 1.54) is 0 Å². The Morgan fingerprint density at radius 1 is 1.62 bits per heavy atom. The largest absolute Gasteiger partial charge is 0.466 e. The van der Waals surface area contributed by atoms with E-state index in [2.05, 4.69) is 4.90 Å². The van der Waals surface area contributed by atoms with Gasteiger partial charge in [-0.2, -0.15) is 0 Å². The molecular weight excluding hydrogens is 190 g/mol. The van der Waals surface area contributed by atoms with Crippen LogP contribution in [0.15, 0.2) is 0 Å². The molecule has 1 aliphatic heterocycles. The van der Waals surface area contributed by atoms with Crippen molar-refractivity contribution in [3.05, 3.63) is 0 Å². The Morgan fingerprint density at radius 3 is 2.85 bits per heavy atom. The van der Waals surface area contributed by atoms with E-state index in [0.717, 1.165) is 25.9 Å². The lowest BCUT2D eigenvalue weighted by molar-refractivity contribution is -0.149. The number of carbonyl (C=O) groups excluding carboxylic acids is 1. The predicted octanol–water partition coefficient (Wildman–Crippen LogP) is 1.31. The fourth-order valence-electron chi connectivity index (χ4n) is 1.62. The van der Waals surface area contributed by atoms with Crippen LogP contribution in [-0.4, -0.2) is 37.6 Å². The summed E-state index contributed by atoms with van der Waals surface area (Å²) in [4.78, 5) is 13.5. The molecule has 0 aliphatic carbocycles. The summed E-state index contributed by atoms with van der Waals surface area (Å²) in [5.74, 6) is 0.0905.